The average molecular weight is 539 g/mol. The summed E-state index contributed by atoms with van der Waals surface area (Å²) >= 11 is 0. The largest absolute Gasteiger partial charge is 0.457 e. The van der Waals surface area contributed by atoms with E-state index < -0.39 is 12.1 Å². The molecule has 5 rings (SSSR count). The molecular formula is C32H34N4O4. The van der Waals surface area contributed by atoms with Gasteiger partial charge in [-0.25, -0.2) is 4.79 Å². The van der Waals surface area contributed by atoms with Crippen molar-refractivity contribution in [1.82, 2.24) is 20.4 Å². The minimum atomic E-state index is -0.731. The lowest BCUT2D eigenvalue weighted by molar-refractivity contribution is -0.136. The van der Waals surface area contributed by atoms with E-state index in [1.807, 2.05) is 106 Å². The van der Waals surface area contributed by atoms with Crippen molar-refractivity contribution in [2.75, 3.05) is 13.1 Å². The molecule has 0 aliphatic carbocycles. The lowest BCUT2D eigenvalue weighted by Gasteiger charge is -2.33. The molecule has 8 nitrogen and oxygen atoms in total. The van der Waals surface area contributed by atoms with Crippen LogP contribution in [0.25, 0.3) is 0 Å². The van der Waals surface area contributed by atoms with Gasteiger partial charge in [0.1, 0.15) is 17.5 Å². The minimum Gasteiger partial charge on any atom is -0.457 e. The van der Waals surface area contributed by atoms with E-state index in [4.69, 9.17) is 4.74 Å². The van der Waals surface area contributed by atoms with Gasteiger partial charge in [0.2, 0.25) is 5.91 Å². The van der Waals surface area contributed by atoms with Crippen LogP contribution in [-0.4, -0.2) is 52.8 Å². The Morgan fingerprint density at radius 2 is 1.65 bits per heavy atom. The molecule has 2 atom stereocenters. The van der Waals surface area contributed by atoms with Crippen molar-refractivity contribution in [3.63, 3.8) is 0 Å². The fourth-order valence-corrected chi connectivity index (χ4v) is 5.29. The number of benzene rings is 3. The third kappa shape index (κ3) is 5.57. The molecule has 0 saturated heterocycles. The smallest absolute Gasteiger partial charge is 0.322 e. The van der Waals surface area contributed by atoms with E-state index in [9.17, 15) is 14.4 Å². The van der Waals surface area contributed by atoms with E-state index in [0.29, 0.717) is 35.7 Å². The van der Waals surface area contributed by atoms with Crippen molar-refractivity contribution in [2.24, 2.45) is 0 Å². The summed E-state index contributed by atoms with van der Waals surface area (Å²) in [6.07, 6.45) is 0.365. The normalized spacial score (nSPS) is 17.6. The highest BCUT2D eigenvalue weighted by Gasteiger charge is 2.46. The summed E-state index contributed by atoms with van der Waals surface area (Å²) in [5, 5.41) is 6.01. The van der Waals surface area contributed by atoms with Crippen LogP contribution in [0.5, 0.6) is 11.5 Å². The number of ether oxygens (including phenoxy) is 1. The van der Waals surface area contributed by atoms with Gasteiger partial charge in [0.25, 0.3) is 5.91 Å². The van der Waals surface area contributed by atoms with E-state index in [-0.39, 0.29) is 30.4 Å². The molecule has 4 amide bonds. The van der Waals surface area contributed by atoms with Crippen LogP contribution >= 0.6 is 0 Å². The third-order valence-electron chi connectivity index (χ3n) is 7.12. The van der Waals surface area contributed by atoms with E-state index >= 15 is 0 Å². The maximum absolute atomic E-state index is 14.2. The summed E-state index contributed by atoms with van der Waals surface area (Å²) in [6, 6.07) is 24.7. The van der Waals surface area contributed by atoms with Gasteiger partial charge in [0.15, 0.2) is 0 Å². The Hall–Kier alpha value is -4.59. The number of urea groups is 1. The van der Waals surface area contributed by atoms with E-state index in [1.54, 1.807) is 9.80 Å². The highest BCUT2D eigenvalue weighted by molar-refractivity contribution is 6.03. The zero-order valence-corrected chi connectivity index (χ0v) is 23.0. The highest BCUT2D eigenvalue weighted by Crippen LogP contribution is 2.38. The van der Waals surface area contributed by atoms with Gasteiger partial charge in [-0.15, -0.1) is 0 Å². The lowest BCUT2D eigenvalue weighted by atomic mass is 9.95. The van der Waals surface area contributed by atoms with Gasteiger partial charge in [-0.1, -0.05) is 60.7 Å². The number of amides is 4. The monoisotopic (exact) mass is 538 g/mol. The first kappa shape index (κ1) is 27.0. The van der Waals surface area contributed by atoms with E-state index in [2.05, 4.69) is 10.6 Å². The van der Waals surface area contributed by atoms with Crippen LogP contribution in [-0.2, 0) is 16.0 Å². The maximum Gasteiger partial charge on any atom is 0.322 e. The number of rotatable bonds is 9. The number of para-hydroxylation sites is 1. The summed E-state index contributed by atoms with van der Waals surface area (Å²) in [4.78, 5) is 44.0. The summed E-state index contributed by atoms with van der Waals surface area (Å²) < 4.78 is 6.02. The minimum absolute atomic E-state index is 0.0819. The van der Waals surface area contributed by atoms with Crippen LogP contribution < -0.4 is 15.4 Å². The predicted octanol–water partition coefficient (Wildman–Crippen LogP) is 4.80. The molecule has 2 aliphatic heterocycles. The van der Waals surface area contributed by atoms with Gasteiger partial charge in [-0.2, -0.15) is 0 Å². The zero-order valence-electron chi connectivity index (χ0n) is 23.0. The van der Waals surface area contributed by atoms with Crippen LogP contribution in [0.2, 0.25) is 0 Å². The molecule has 2 unspecified atom stereocenters. The molecule has 0 aromatic heterocycles. The second kappa shape index (κ2) is 11.7. The van der Waals surface area contributed by atoms with Crippen LogP contribution in [0.1, 0.15) is 37.9 Å². The molecule has 3 aromatic carbocycles. The zero-order chi connectivity index (χ0) is 28.2. The lowest BCUT2D eigenvalue weighted by Crippen LogP contribution is -2.51. The highest BCUT2D eigenvalue weighted by atomic mass is 16.5. The van der Waals surface area contributed by atoms with Crippen molar-refractivity contribution < 1.29 is 19.1 Å². The number of likely N-dealkylation sites (N-methyl/N-ethyl adjacent to an activating group) is 1. The van der Waals surface area contributed by atoms with Crippen LogP contribution in [0.3, 0.4) is 0 Å². The molecular weight excluding hydrogens is 504 g/mol. The topological polar surface area (TPSA) is 91.0 Å². The molecule has 0 fully saturated rings. The van der Waals surface area contributed by atoms with Crippen LogP contribution in [0.4, 0.5) is 4.79 Å². The quantitative estimate of drug-likeness (QED) is 0.410. The Labute approximate surface area is 234 Å². The van der Waals surface area contributed by atoms with E-state index in [1.165, 1.54) is 0 Å². The molecule has 0 bridgehead atoms. The Morgan fingerprint density at radius 3 is 2.33 bits per heavy atom. The first-order chi connectivity index (χ1) is 19.4. The second-order valence-corrected chi connectivity index (χ2v) is 10.3. The Bertz CT molecular complexity index is 1420. The van der Waals surface area contributed by atoms with Crippen molar-refractivity contribution in [3.05, 3.63) is 107 Å². The third-order valence-corrected chi connectivity index (χ3v) is 7.12. The predicted molar refractivity (Wildman–Crippen MR) is 153 cm³/mol. The molecule has 2 aliphatic rings. The molecule has 40 heavy (non-hydrogen) atoms. The second-order valence-electron chi connectivity index (χ2n) is 10.3. The molecule has 206 valence electrons. The summed E-state index contributed by atoms with van der Waals surface area (Å²) in [5.74, 6) is 0.808. The van der Waals surface area contributed by atoms with Crippen LogP contribution in [0, 0.1) is 0 Å². The SMILES string of the molecule is CCN1C(=O)NC(c2cccc(Oc3ccccc3)c2)C2=C1CN(C(Cc1ccccc1)C(=O)NC(C)C)C2=O. The fourth-order valence-electron chi connectivity index (χ4n) is 5.29. The fraction of sp³-hybridized carbons (Fsp3) is 0.281. The van der Waals surface area contributed by atoms with Crippen LogP contribution in [0.15, 0.2) is 96.2 Å². The molecule has 2 N–H and O–H groups in total. The Kier molecular flexibility index (Phi) is 7.86. The van der Waals surface area contributed by atoms with Crippen molar-refractivity contribution in [3.8, 4) is 11.5 Å². The first-order valence-electron chi connectivity index (χ1n) is 13.6. The Balaban J connectivity index is 1.49. The van der Waals surface area contributed by atoms with Gasteiger partial charge in [0, 0.05) is 19.0 Å². The molecule has 0 spiro atoms. The standard InChI is InChI=1S/C32H34N4O4/c1-4-35-27-20-36(26(30(37)33-21(2)3)18-22-12-7-5-8-13-22)31(38)28(27)29(34-32(35)39)23-14-11-17-25(19-23)40-24-15-9-6-10-16-24/h5-17,19,21,26,29H,4,18,20H2,1-3H3,(H,33,37)(H,34,39). The van der Waals surface area contributed by atoms with Gasteiger partial charge in [-0.05, 0) is 56.2 Å². The molecule has 8 heteroatoms. The average Bonchev–Trinajstić information content (AvgIpc) is 3.28. The number of hydrogen-bond donors (Lipinski definition) is 2. The number of nitrogens with zero attached hydrogens (tertiary/aromatic N) is 2. The van der Waals surface area contributed by atoms with Crippen molar-refractivity contribution >= 4 is 17.8 Å². The van der Waals surface area contributed by atoms with Crippen molar-refractivity contribution in [1.29, 1.82) is 0 Å². The molecule has 0 saturated carbocycles. The van der Waals surface area contributed by atoms with E-state index in [0.717, 1.165) is 11.1 Å². The van der Waals surface area contributed by atoms with Gasteiger partial charge >= 0.3 is 6.03 Å². The molecule has 0 radical (unpaired) electrons. The van der Waals surface area contributed by atoms with Crippen molar-refractivity contribution in [2.45, 2.75) is 45.3 Å². The molecule has 2 heterocycles. The maximum atomic E-state index is 14.2. The summed E-state index contributed by atoms with van der Waals surface area (Å²) in [6.45, 7) is 6.24. The van der Waals surface area contributed by atoms with Gasteiger partial charge in [-0.3, -0.25) is 14.5 Å². The first-order valence-corrected chi connectivity index (χ1v) is 13.6. The summed E-state index contributed by atoms with van der Waals surface area (Å²) in [5.41, 5.74) is 2.79. The van der Waals surface area contributed by atoms with Gasteiger partial charge in [0.05, 0.1) is 23.9 Å². The number of nitrogens with one attached hydrogen (secondary N) is 2. The molecule has 3 aromatic rings. The Morgan fingerprint density at radius 1 is 0.975 bits per heavy atom. The number of carbonyl (C=O) groups is 3. The van der Waals surface area contributed by atoms with Gasteiger partial charge < -0.3 is 20.3 Å². The number of hydrogen-bond acceptors (Lipinski definition) is 4. The number of carbonyl (C=O) groups excluding carboxylic acids is 3. The summed E-state index contributed by atoms with van der Waals surface area (Å²) in [7, 11) is 0.